The molecule has 3 rings (SSSR count). The molecular formula is C17H21N3O. The van der Waals surface area contributed by atoms with E-state index in [1.165, 1.54) is 12.8 Å². The lowest BCUT2D eigenvalue weighted by molar-refractivity contribution is 0.0923. The van der Waals surface area contributed by atoms with Gasteiger partial charge in [-0.1, -0.05) is 37.3 Å². The summed E-state index contributed by atoms with van der Waals surface area (Å²) in [7, 11) is 0. The van der Waals surface area contributed by atoms with E-state index in [0.29, 0.717) is 11.6 Å². The zero-order valence-electron chi connectivity index (χ0n) is 12.3. The Labute approximate surface area is 125 Å². The molecule has 1 heterocycles. The van der Waals surface area contributed by atoms with E-state index in [1.54, 1.807) is 6.20 Å². The lowest BCUT2D eigenvalue weighted by Crippen LogP contribution is -2.37. The molecule has 2 N–H and O–H groups in total. The number of aromatic nitrogens is 2. The van der Waals surface area contributed by atoms with Crippen LogP contribution in [-0.4, -0.2) is 22.1 Å². The number of nitrogens with zero attached hydrogens (tertiary/aromatic N) is 1. The summed E-state index contributed by atoms with van der Waals surface area (Å²) in [5.74, 6) is 0.758. The van der Waals surface area contributed by atoms with Crippen LogP contribution in [0.4, 0.5) is 0 Å². The standard InChI is InChI=1S/C17H21N3O/c1-12-7-9-14(10-8-12)19-17(21)15-11-18-20-16(15)13-5-3-2-4-6-13/h2-6,11-12,14H,7-10H2,1H3,(H,18,20)(H,19,21). The smallest absolute Gasteiger partial charge is 0.255 e. The number of carbonyl (C=O) groups excluding carboxylic acids is 1. The molecule has 0 atom stereocenters. The van der Waals surface area contributed by atoms with E-state index >= 15 is 0 Å². The van der Waals surface area contributed by atoms with Gasteiger partial charge in [-0.2, -0.15) is 5.10 Å². The van der Waals surface area contributed by atoms with Crippen molar-refractivity contribution in [1.82, 2.24) is 15.5 Å². The molecular weight excluding hydrogens is 262 g/mol. The maximum Gasteiger partial charge on any atom is 0.255 e. The minimum Gasteiger partial charge on any atom is -0.349 e. The Morgan fingerprint density at radius 3 is 2.62 bits per heavy atom. The van der Waals surface area contributed by atoms with Gasteiger partial charge in [0.05, 0.1) is 17.5 Å². The fourth-order valence-electron chi connectivity index (χ4n) is 2.95. The van der Waals surface area contributed by atoms with Gasteiger partial charge in [0, 0.05) is 11.6 Å². The van der Waals surface area contributed by atoms with Gasteiger partial charge in [0.2, 0.25) is 0 Å². The van der Waals surface area contributed by atoms with E-state index in [9.17, 15) is 4.79 Å². The van der Waals surface area contributed by atoms with Crippen LogP contribution < -0.4 is 5.32 Å². The summed E-state index contributed by atoms with van der Waals surface area (Å²) in [5, 5.41) is 10.1. The molecule has 21 heavy (non-hydrogen) atoms. The largest absolute Gasteiger partial charge is 0.349 e. The number of hydrogen-bond acceptors (Lipinski definition) is 2. The van der Waals surface area contributed by atoms with Crippen molar-refractivity contribution >= 4 is 5.91 Å². The lowest BCUT2D eigenvalue weighted by Gasteiger charge is -2.26. The number of aromatic amines is 1. The maximum atomic E-state index is 12.5. The van der Waals surface area contributed by atoms with Gasteiger partial charge in [0.1, 0.15) is 0 Å². The topological polar surface area (TPSA) is 57.8 Å². The van der Waals surface area contributed by atoms with E-state index < -0.39 is 0 Å². The third-order valence-corrected chi connectivity index (χ3v) is 4.30. The lowest BCUT2D eigenvalue weighted by atomic mass is 9.87. The SMILES string of the molecule is CC1CCC(NC(=O)c2cn[nH]c2-c2ccccc2)CC1. The fraction of sp³-hybridized carbons (Fsp3) is 0.412. The minimum atomic E-state index is -0.0258. The predicted molar refractivity (Wildman–Crippen MR) is 82.9 cm³/mol. The molecule has 1 aliphatic carbocycles. The fourth-order valence-corrected chi connectivity index (χ4v) is 2.95. The highest BCUT2D eigenvalue weighted by Crippen LogP contribution is 2.25. The number of nitrogens with one attached hydrogen (secondary N) is 2. The monoisotopic (exact) mass is 283 g/mol. The van der Waals surface area contributed by atoms with Crippen LogP contribution in [0.2, 0.25) is 0 Å². The molecule has 4 nitrogen and oxygen atoms in total. The predicted octanol–water partition coefficient (Wildman–Crippen LogP) is 3.39. The van der Waals surface area contributed by atoms with Crippen LogP contribution in [-0.2, 0) is 0 Å². The maximum absolute atomic E-state index is 12.5. The number of H-pyrrole nitrogens is 1. The van der Waals surface area contributed by atoms with Crippen molar-refractivity contribution in [2.24, 2.45) is 5.92 Å². The Kier molecular flexibility index (Phi) is 4.04. The summed E-state index contributed by atoms with van der Waals surface area (Å²) in [6.07, 6.45) is 6.16. The van der Waals surface area contributed by atoms with Crippen molar-refractivity contribution in [2.75, 3.05) is 0 Å². The summed E-state index contributed by atoms with van der Waals surface area (Å²) in [6.45, 7) is 2.28. The third kappa shape index (κ3) is 3.15. The van der Waals surface area contributed by atoms with Crippen molar-refractivity contribution in [2.45, 2.75) is 38.6 Å². The van der Waals surface area contributed by atoms with Crippen LogP contribution in [0.25, 0.3) is 11.3 Å². The van der Waals surface area contributed by atoms with Crippen molar-refractivity contribution in [3.63, 3.8) is 0 Å². The first-order valence-corrected chi connectivity index (χ1v) is 7.63. The number of benzene rings is 1. The summed E-state index contributed by atoms with van der Waals surface area (Å²) in [6, 6.07) is 10.1. The number of amides is 1. The molecule has 0 aliphatic heterocycles. The zero-order valence-corrected chi connectivity index (χ0v) is 12.3. The normalized spacial score (nSPS) is 22.0. The highest BCUT2D eigenvalue weighted by molar-refractivity contribution is 5.99. The van der Waals surface area contributed by atoms with Crippen LogP contribution in [0.15, 0.2) is 36.5 Å². The molecule has 0 radical (unpaired) electrons. The van der Waals surface area contributed by atoms with Gasteiger partial charge >= 0.3 is 0 Å². The average Bonchev–Trinajstić information content (AvgIpc) is 3.00. The summed E-state index contributed by atoms with van der Waals surface area (Å²) >= 11 is 0. The second-order valence-corrected chi connectivity index (χ2v) is 5.95. The van der Waals surface area contributed by atoms with Gasteiger partial charge in [-0.15, -0.1) is 0 Å². The Bertz CT molecular complexity index is 598. The molecule has 4 heteroatoms. The van der Waals surface area contributed by atoms with E-state index in [1.807, 2.05) is 30.3 Å². The third-order valence-electron chi connectivity index (χ3n) is 4.30. The molecule has 1 aromatic heterocycles. The van der Waals surface area contributed by atoms with E-state index in [4.69, 9.17) is 0 Å². The molecule has 1 saturated carbocycles. The molecule has 0 bridgehead atoms. The molecule has 0 spiro atoms. The van der Waals surface area contributed by atoms with E-state index in [-0.39, 0.29) is 5.91 Å². The second-order valence-electron chi connectivity index (χ2n) is 5.95. The van der Waals surface area contributed by atoms with Crippen molar-refractivity contribution in [3.05, 3.63) is 42.1 Å². The Morgan fingerprint density at radius 1 is 1.19 bits per heavy atom. The first-order chi connectivity index (χ1) is 10.2. The van der Waals surface area contributed by atoms with Crippen molar-refractivity contribution < 1.29 is 4.79 Å². The van der Waals surface area contributed by atoms with Gasteiger partial charge in [-0.25, -0.2) is 0 Å². The van der Waals surface area contributed by atoms with Gasteiger partial charge in [0.25, 0.3) is 5.91 Å². The minimum absolute atomic E-state index is 0.0258. The summed E-state index contributed by atoms with van der Waals surface area (Å²) in [4.78, 5) is 12.5. The average molecular weight is 283 g/mol. The van der Waals surface area contributed by atoms with Crippen LogP contribution in [0.5, 0.6) is 0 Å². The molecule has 0 unspecified atom stereocenters. The quantitative estimate of drug-likeness (QED) is 0.907. The van der Waals surface area contributed by atoms with Crippen LogP contribution in [0, 0.1) is 5.92 Å². The van der Waals surface area contributed by atoms with Gasteiger partial charge in [-0.3, -0.25) is 9.89 Å². The van der Waals surface area contributed by atoms with Crippen molar-refractivity contribution in [3.8, 4) is 11.3 Å². The van der Waals surface area contributed by atoms with Crippen molar-refractivity contribution in [1.29, 1.82) is 0 Å². The first-order valence-electron chi connectivity index (χ1n) is 7.63. The summed E-state index contributed by atoms with van der Waals surface area (Å²) in [5.41, 5.74) is 2.40. The number of carbonyl (C=O) groups is 1. The molecule has 1 aliphatic rings. The van der Waals surface area contributed by atoms with Gasteiger partial charge in [0.15, 0.2) is 0 Å². The Morgan fingerprint density at radius 2 is 1.90 bits per heavy atom. The highest BCUT2D eigenvalue weighted by atomic mass is 16.1. The molecule has 0 saturated heterocycles. The van der Waals surface area contributed by atoms with E-state index in [2.05, 4.69) is 22.4 Å². The Balaban J connectivity index is 1.73. The molecule has 1 amide bonds. The van der Waals surface area contributed by atoms with Crippen LogP contribution in [0.3, 0.4) is 0 Å². The second kappa shape index (κ2) is 6.12. The van der Waals surface area contributed by atoms with E-state index in [0.717, 1.165) is 30.0 Å². The highest BCUT2D eigenvalue weighted by Gasteiger charge is 2.22. The number of rotatable bonds is 3. The molecule has 110 valence electrons. The number of hydrogen-bond donors (Lipinski definition) is 2. The van der Waals surface area contributed by atoms with Gasteiger partial charge in [-0.05, 0) is 31.6 Å². The Hall–Kier alpha value is -2.10. The van der Waals surface area contributed by atoms with Gasteiger partial charge < -0.3 is 5.32 Å². The van der Waals surface area contributed by atoms with Crippen LogP contribution in [0.1, 0.15) is 43.0 Å². The zero-order chi connectivity index (χ0) is 14.7. The summed E-state index contributed by atoms with van der Waals surface area (Å²) < 4.78 is 0. The molecule has 1 aromatic carbocycles. The first kappa shape index (κ1) is 13.9. The molecule has 1 fully saturated rings. The van der Waals surface area contributed by atoms with Crippen LogP contribution >= 0.6 is 0 Å². The molecule has 2 aromatic rings.